The van der Waals surface area contributed by atoms with Crippen LogP contribution >= 0.6 is 0 Å². The minimum atomic E-state index is -0.794. The van der Waals surface area contributed by atoms with Crippen LogP contribution in [0.25, 0.3) is 0 Å². The first kappa shape index (κ1) is 19.1. The molecule has 5 heteroatoms. The predicted molar refractivity (Wildman–Crippen MR) is 113 cm³/mol. The molecule has 28 heavy (non-hydrogen) atoms. The second-order valence-corrected chi connectivity index (χ2v) is 7.72. The summed E-state index contributed by atoms with van der Waals surface area (Å²) in [5.41, 5.74) is 10.7. The van der Waals surface area contributed by atoms with Crippen molar-refractivity contribution in [3.8, 4) is 0 Å². The molecule has 2 heterocycles. The maximum Gasteiger partial charge on any atom is 0.148 e. The number of benzene rings is 1. The van der Waals surface area contributed by atoms with Crippen molar-refractivity contribution in [1.82, 2.24) is 5.32 Å². The van der Waals surface area contributed by atoms with Gasteiger partial charge in [0.25, 0.3) is 0 Å². The van der Waals surface area contributed by atoms with E-state index >= 15 is 0 Å². The fraction of sp³-hybridized carbons (Fsp3) is 0.435. The molecule has 1 aromatic carbocycles. The average Bonchev–Trinajstić information content (AvgIpc) is 2.93. The maximum atomic E-state index is 10.9. The van der Waals surface area contributed by atoms with Gasteiger partial charge in [0.1, 0.15) is 6.23 Å². The van der Waals surface area contributed by atoms with Crippen LogP contribution in [0.15, 0.2) is 64.8 Å². The molecule has 0 radical (unpaired) electrons. The summed E-state index contributed by atoms with van der Waals surface area (Å²) in [4.78, 5) is 4.99. The quantitative estimate of drug-likeness (QED) is 0.541. The predicted octanol–water partition coefficient (Wildman–Crippen LogP) is 3.33. The van der Waals surface area contributed by atoms with E-state index in [1.165, 1.54) is 5.71 Å². The van der Waals surface area contributed by atoms with Crippen molar-refractivity contribution in [2.75, 3.05) is 18.9 Å². The van der Waals surface area contributed by atoms with E-state index in [-0.39, 0.29) is 5.92 Å². The fourth-order valence-electron chi connectivity index (χ4n) is 4.26. The number of ether oxygens (including phenoxy) is 1. The topological polar surface area (TPSA) is 79.9 Å². The van der Waals surface area contributed by atoms with Crippen LogP contribution in [0, 0.1) is 11.8 Å². The zero-order valence-corrected chi connectivity index (χ0v) is 16.2. The number of fused-ring (bicyclic) bond motifs is 1. The lowest BCUT2D eigenvalue weighted by molar-refractivity contribution is 0.143. The van der Waals surface area contributed by atoms with E-state index in [9.17, 15) is 5.11 Å². The van der Waals surface area contributed by atoms with E-state index in [2.05, 4.69) is 29.6 Å². The van der Waals surface area contributed by atoms with Crippen LogP contribution in [0.5, 0.6) is 0 Å². The lowest BCUT2D eigenvalue weighted by Crippen LogP contribution is -2.30. The lowest BCUT2D eigenvalue weighted by atomic mass is 9.82. The van der Waals surface area contributed by atoms with E-state index in [4.69, 9.17) is 15.5 Å². The van der Waals surface area contributed by atoms with E-state index in [1.807, 2.05) is 24.3 Å². The largest absolute Gasteiger partial charge is 0.399 e. The minimum absolute atomic E-state index is 0.265. The van der Waals surface area contributed by atoms with Crippen molar-refractivity contribution in [3.05, 3.63) is 65.4 Å². The average molecular weight is 380 g/mol. The van der Waals surface area contributed by atoms with Crippen molar-refractivity contribution < 1.29 is 9.84 Å². The third-order valence-electron chi connectivity index (χ3n) is 5.78. The first-order valence-corrected chi connectivity index (χ1v) is 10.2. The lowest BCUT2D eigenvalue weighted by Gasteiger charge is -2.20. The number of nitrogens with two attached hydrogens (primary N) is 1. The van der Waals surface area contributed by atoms with Crippen molar-refractivity contribution in [2.45, 2.75) is 38.5 Å². The molecule has 3 atom stereocenters. The third kappa shape index (κ3) is 4.27. The molecule has 2 aliphatic heterocycles. The van der Waals surface area contributed by atoms with Crippen molar-refractivity contribution in [2.24, 2.45) is 16.8 Å². The van der Waals surface area contributed by atoms with Crippen molar-refractivity contribution in [1.29, 1.82) is 0 Å². The molecule has 1 saturated heterocycles. The van der Waals surface area contributed by atoms with Gasteiger partial charge in [0.05, 0.1) is 5.70 Å². The van der Waals surface area contributed by atoms with Gasteiger partial charge in [-0.25, -0.2) is 0 Å². The number of aliphatic imine (C=N–C) groups is 1. The van der Waals surface area contributed by atoms with Crippen LogP contribution < -0.4 is 11.1 Å². The van der Waals surface area contributed by atoms with Crippen LogP contribution in [0.3, 0.4) is 0 Å². The Morgan fingerprint density at radius 1 is 1.18 bits per heavy atom. The standard InChI is InChI=1S/C23H29N3O2/c24-18-10-8-16(9-11-18)15-25-23(27)22-20-7-3-1-2-6-19(20)21(26-22)17-5-4-13-28-14-12-17/h1-3,7-11,17,19,23,25,27H,4-6,12-15,24H2. The zero-order valence-electron chi connectivity index (χ0n) is 16.2. The van der Waals surface area contributed by atoms with Gasteiger partial charge in [0.15, 0.2) is 0 Å². The molecule has 0 aromatic heterocycles. The van der Waals surface area contributed by atoms with Gasteiger partial charge in [-0.1, -0.05) is 36.4 Å². The number of allylic oxidation sites excluding steroid dienone is 5. The summed E-state index contributed by atoms with van der Waals surface area (Å²) in [5.74, 6) is 0.699. The molecule has 148 valence electrons. The van der Waals surface area contributed by atoms with Crippen LogP contribution in [0.2, 0.25) is 0 Å². The Morgan fingerprint density at radius 3 is 2.89 bits per heavy atom. The first-order chi connectivity index (χ1) is 13.7. The Hall–Kier alpha value is -2.21. The second kappa shape index (κ2) is 8.86. The maximum absolute atomic E-state index is 10.9. The monoisotopic (exact) mass is 379 g/mol. The number of aliphatic hydroxyl groups is 1. The summed E-state index contributed by atoms with van der Waals surface area (Å²) in [6, 6.07) is 7.70. The van der Waals surface area contributed by atoms with Gasteiger partial charge in [-0.15, -0.1) is 0 Å². The molecule has 5 nitrogen and oxygen atoms in total. The Morgan fingerprint density at radius 2 is 2.04 bits per heavy atom. The fourth-order valence-corrected chi connectivity index (χ4v) is 4.26. The highest BCUT2D eigenvalue weighted by molar-refractivity contribution is 5.95. The molecule has 1 aliphatic carbocycles. The highest BCUT2D eigenvalue weighted by atomic mass is 16.5. The van der Waals surface area contributed by atoms with Crippen molar-refractivity contribution >= 4 is 11.4 Å². The van der Waals surface area contributed by atoms with Gasteiger partial charge in [-0.05, 0) is 49.0 Å². The van der Waals surface area contributed by atoms with E-state index in [1.54, 1.807) is 0 Å². The van der Waals surface area contributed by atoms with Crippen LogP contribution in [0.1, 0.15) is 31.2 Å². The summed E-state index contributed by atoms with van der Waals surface area (Å²) in [7, 11) is 0. The normalized spacial score (nSPS) is 25.8. The molecule has 3 unspecified atom stereocenters. The molecule has 4 N–H and O–H groups in total. The molecule has 0 bridgehead atoms. The molecule has 4 rings (SSSR count). The molecule has 0 saturated carbocycles. The molecule has 3 aliphatic rings. The summed E-state index contributed by atoms with van der Waals surface area (Å²) in [6.45, 7) is 2.20. The number of nitrogen functional groups attached to an aromatic ring is 1. The molecule has 1 fully saturated rings. The molecule has 0 amide bonds. The Labute approximate surface area is 166 Å². The molecule has 0 spiro atoms. The van der Waals surface area contributed by atoms with Crippen LogP contribution in [0.4, 0.5) is 5.69 Å². The molecule has 1 aromatic rings. The number of nitrogens with zero attached hydrogens (tertiary/aromatic N) is 1. The Bertz CT molecular complexity index is 800. The molecular formula is C23H29N3O2. The third-order valence-corrected chi connectivity index (χ3v) is 5.78. The number of nitrogens with one attached hydrogen (secondary N) is 1. The Kier molecular flexibility index (Phi) is 6.05. The smallest absolute Gasteiger partial charge is 0.148 e. The summed E-state index contributed by atoms with van der Waals surface area (Å²) < 4.78 is 5.65. The summed E-state index contributed by atoms with van der Waals surface area (Å²) >= 11 is 0. The van der Waals surface area contributed by atoms with E-state index < -0.39 is 6.23 Å². The zero-order chi connectivity index (χ0) is 19.3. The Balaban J connectivity index is 1.53. The highest BCUT2D eigenvalue weighted by Gasteiger charge is 2.35. The van der Waals surface area contributed by atoms with Gasteiger partial charge < -0.3 is 15.6 Å². The van der Waals surface area contributed by atoms with Gasteiger partial charge in [0, 0.05) is 43.0 Å². The SMILES string of the molecule is Nc1ccc(CNC(O)C2=C3C=CC=CCC3C(C3CCCOCC3)=N2)cc1. The van der Waals surface area contributed by atoms with E-state index in [0.29, 0.717) is 12.5 Å². The van der Waals surface area contributed by atoms with Crippen LogP contribution in [-0.2, 0) is 11.3 Å². The number of hydrogen-bond acceptors (Lipinski definition) is 5. The summed E-state index contributed by atoms with van der Waals surface area (Å²) in [6.07, 6.45) is 11.8. The van der Waals surface area contributed by atoms with E-state index in [0.717, 1.165) is 61.4 Å². The highest BCUT2D eigenvalue weighted by Crippen LogP contribution is 2.37. The summed E-state index contributed by atoms with van der Waals surface area (Å²) in [5, 5.41) is 14.1. The van der Waals surface area contributed by atoms with Gasteiger partial charge in [-0.2, -0.15) is 0 Å². The van der Waals surface area contributed by atoms with Crippen LogP contribution in [-0.4, -0.2) is 30.3 Å². The van der Waals surface area contributed by atoms with Gasteiger partial charge in [0.2, 0.25) is 0 Å². The van der Waals surface area contributed by atoms with Gasteiger partial charge in [-0.3, -0.25) is 10.3 Å². The second-order valence-electron chi connectivity index (χ2n) is 7.72. The van der Waals surface area contributed by atoms with Gasteiger partial charge >= 0.3 is 0 Å². The number of anilines is 1. The number of rotatable bonds is 5. The number of hydrogen-bond donors (Lipinski definition) is 3. The number of aliphatic hydroxyl groups excluding tert-OH is 1. The van der Waals surface area contributed by atoms with Crippen molar-refractivity contribution in [3.63, 3.8) is 0 Å². The molecular weight excluding hydrogens is 350 g/mol. The first-order valence-electron chi connectivity index (χ1n) is 10.2. The minimum Gasteiger partial charge on any atom is -0.399 e.